The van der Waals surface area contributed by atoms with E-state index in [0.29, 0.717) is 12.1 Å². The molecule has 0 radical (unpaired) electrons. The molecule has 2 N–H and O–H groups in total. The standard InChI is InChI=1S/C10H14N4O/c1-10(2,7-11)13-5-6-14-8(9(13)15)3-4-12-14/h3-6H,7,11H2,1-2H3. The smallest absolute Gasteiger partial charge is 0.277 e. The first-order chi connectivity index (χ1) is 7.06. The number of aromatic nitrogens is 3. The quantitative estimate of drug-likeness (QED) is 0.762. The SMILES string of the molecule is CC(C)(CN)n1ccn2nccc2c1=O. The van der Waals surface area contributed by atoms with Gasteiger partial charge in [-0.05, 0) is 19.9 Å². The summed E-state index contributed by atoms with van der Waals surface area (Å²) >= 11 is 0. The van der Waals surface area contributed by atoms with Gasteiger partial charge in [0.1, 0.15) is 5.52 Å². The monoisotopic (exact) mass is 206 g/mol. The zero-order chi connectivity index (χ0) is 11.1. The van der Waals surface area contributed by atoms with Gasteiger partial charge in [-0.2, -0.15) is 5.10 Å². The summed E-state index contributed by atoms with van der Waals surface area (Å²) in [6, 6.07) is 1.70. The molecule has 0 unspecified atom stereocenters. The maximum atomic E-state index is 12.0. The Morgan fingerprint density at radius 3 is 2.87 bits per heavy atom. The van der Waals surface area contributed by atoms with Gasteiger partial charge < -0.3 is 10.3 Å². The predicted molar refractivity (Wildman–Crippen MR) is 57.8 cm³/mol. The van der Waals surface area contributed by atoms with Crippen molar-refractivity contribution in [1.29, 1.82) is 0 Å². The number of hydrogen-bond acceptors (Lipinski definition) is 3. The minimum atomic E-state index is -0.372. The lowest BCUT2D eigenvalue weighted by molar-refractivity contribution is 0.355. The van der Waals surface area contributed by atoms with Crippen LogP contribution >= 0.6 is 0 Å². The van der Waals surface area contributed by atoms with Crippen LogP contribution in [0.25, 0.3) is 5.52 Å². The lowest BCUT2D eigenvalue weighted by atomic mass is 10.1. The molecule has 0 saturated heterocycles. The van der Waals surface area contributed by atoms with Crippen molar-refractivity contribution in [2.45, 2.75) is 19.4 Å². The fraction of sp³-hybridized carbons (Fsp3) is 0.400. The molecule has 0 aliphatic carbocycles. The van der Waals surface area contributed by atoms with Gasteiger partial charge in [-0.15, -0.1) is 0 Å². The number of hydrogen-bond donors (Lipinski definition) is 1. The second-order valence-electron chi connectivity index (χ2n) is 4.15. The summed E-state index contributed by atoms with van der Waals surface area (Å²) in [7, 11) is 0. The van der Waals surface area contributed by atoms with Crippen LogP contribution in [0.4, 0.5) is 0 Å². The molecule has 5 heteroatoms. The van der Waals surface area contributed by atoms with Crippen molar-refractivity contribution in [3.8, 4) is 0 Å². The van der Waals surface area contributed by atoms with E-state index in [1.165, 1.54) is 0 Å². The first-order valence-electron chi connectivity index (χ1n) is 4.82. The van der Waals surface area contributed by atoms with Crippen molar-refractivity contribution in [2.24, 2.45) is 5.73 Å². The second-order valence-corrected chi connectivity index (χ2v) is 4.15. The fourth-order valence-corrected chi connectivity index (χ4v) is 1.50. The first-order valence-corrected chi connectivity index (χ1v) is 4.82. The Balaban J connectivity index is 2.73. The lowest BCUT2D eigenvalue weighted by Crippen LogP contribution is -2.42. The lowest BCUT2D eigenvalue weighted by Gasteiger charge is -2.25. The van der Waals surface area contributed by atoms with Crippen LogP contribution in [0.1, 0.15) is 13.8 Å². The molecule has 0 aliphatic rings. The van der Waals surface area contributed by atoms with Crippen LogP contribution in [0, 0.1) is 0 Å². The number of rotatable bonds is 2. The Morgan fingerprint density at radius 1 is 1.47 bits per heavy atom. The van der Waals surface area contributed by atoms with Gasteiger partial charge in [-0.25, -0.2) is 4.52 Å². The topological polar surface area (TPSA) is 65.3 Å². The first kappa shape index (κ1) is 9.92. The van der Waals surface area contributed by atoms with E-state index in [9.17, 15) is 4.79 Å². The van der Waals surface area contributed by atoms with Crippen LogP contribution in [-0.2, 0) is 5.54 Å². The summed E-state index contributed by atoms with van der Waals surface area (Å²) in [5, 5.41) is 4.00. The van der Waals surface area contributed by atoms with Gasteiger partial charge in [0, 0.05) is 18.9 Å². The van der Waals surface area contributed by atoms with Gasteiger partial charge in [-0.1, -0.05) is 0 Å². The van der Waals surface area contributed by atoms with Crippen LogP contribution in [0.2, 0.25) is 0 Å². The van der Waals surface area contributed by atoms with Crippen LogP contribution in [0.15, 0.2) is 29.5 Å². The third-order valence-corrected chi connectivity index (χ3v) is 2.62. The van der Waals surface area contributed by atoms with Crippen molar-refractivity contribution in [1.82, 2.24) is 14.2 Å². The van der Waals surface area contributed by atoms with E-state index in [1.54, 1.807) is 33.7 Å². The average Bonchev–Trinajstić information content (AvgIpc) is 2.66. The molecule has 2 aromatic heterocycles. The highest BCUT2D eigenvalue weighted by Gasteiger charge is 2.20. The Bertz CT molecular complexity index is 538. The Kier molecular flexibility index (Phi) is 2.12. The number of nitrogens with zero attached hydrogens (tertiary/aromatic N) is 3. The molecule has 15 heavy (non-hydrogen) atoms. The third-order valence-electron chi connectivity index (χ3n) is 2.62. The van der Waals surface area contributed by atoms with Gasteiger partial charge in [0.25, 0.3) is 5.56 Å². The molecule has 5 nitrogen and oxygen atoms in total. The fourth-order valence-electron chi connectivity index (χ4n) is 1.50. The summed E-state index contributed by atoms with van der Waals surface area (Å²) < 4.78 is 3.20. The van der Waals surface area contributed by atoms with E-state index in [0.717, 1.165) is 0 Å². The largest absolute Gasteiger partial charge is 0.328 e. The summed E-state index contributed by atoms with van der Waals surface area (Å²) in [4.78, 5) is 12.0. The maximum absolute atomic E-state index is 12.0. The van der Waals surface area contributed by atoms with Gasteiger partial charge >= 0.3 is 0 Å². The number of nitrogens with two attached hydrogens (primary N) is 1. The Morgan fingerprint density at radius 2 is 2.20 bits per heavy atom. The van der Waals surface area contributed by atoms with E-state index in [4.69, 9.17) is 5.73 Å². The maximum Gasteiger partial charge on any atom is 0.277 e. The highest BCUT2D eigenvalue weighted by atomic mass is 16.1. The normalized spacial score (nSPS) is 12.2. The minimum Gasteiger partial charge on any atom is -0.328 e. The predicted octanol–water partition coefficient (Wildman–Crippen LogP) is 0.190. The van der Waals surface area contributed by atoms with Crippen LogP contribution in [0.5, 0.6) is 0 Å². The summed E-state index contributed by atoms with van der Waals surface area (Å²) in [6.45, 7) is 4.28. The molecule has 0 aliphatic heterocycles. The van der Waals surface area contributed by atoms with Crippen molar-refractivity contribution in [3.63, 3.8) is 0 Å². The van der Waals surface area contributed by atoms with Crippen molar-refractivity contribution in [3.05, 3.63) is 35.0 Å². The van der Waals surface area contributed by atoms with Gasteiger partial charge in [0.05, 0.1) is 11.7 Å². The zero-order valence-corrected chi connectivity index (χ0v) is 8.84. The van der Waals surface area contributed by atoms with Crippen molar-refractivity contribution in [2.75, 3.05) is 6.54 Å². The Hall–Kier alpha value is -1.62. The summed E-state index contributed by atoms with van der Waals surface area (Å²) in [6.07, 6.45) is 5.08. The highest BCUT2D eigenvalue weighted by molar-refractivity contribution is 5.42. The molecular weight excluding hydrogens is 192 g/mol. The molecule has 0 fully saturated rings. The molecular formula is C10H14N4O. The van der Waals surface area contributed by atoms with Gasteiger partial charge in [0.2, 0.25) is 0 Å². The average molecular weight is 206 g/mol. The van der Waals surface area contributed by atoms with E-state index in [-0.39, 0.29) is 11.1 Å². The minimum absolute atomic E-state index is 0.0644. The molecule has 0 atom stereocenters. The summed E-state index contributed by atoms with van der Waals surface area (Å²) in [5.74, 6) is 0. The van der Waals surface area contributed by atoms with Gasteiger partial charge in [-0.3, -0.25) is 4.79 Å². The summed E-state index contributed by atoms with van der Waals surface area (Å²) in [5.41, 5.74) is 5.78. The van der Waals surface area contributed by atoms with E-state index < -0.39 is 0 Å². The molecule has 2 heterocycles. The van der Waals surface area contributed by atoms with Crippen molar-refractivity contribution < 1.29 is 0 Å². The molecule has 0 bridgehead atoms. The molecule has 2 aromatic rings. The number of fused-ring (bicyclic) bond motifs is 1. The van der Waals surface area contributed by atoms with Gasteiger partial charge in [0.15, 0.2) is 0 Å². The molecule has 0 amide bonds. The molecule has 0 saturated carbocycles. The Labute approximate surface area is 87.1 Å². The van der Waals surface area contributed by atoms with E-state index >= 15 is 0 Å². The second kappa shape index (κ2) is 3.20. The zero-order valence-electron chi connectivity index (χ0n) is 8.84. The highest BCUT2D eigenvalue weighted by Crippen LogP contribution is 2.10. The molecule has 0 spiro atoms. The molecule has 2 rings (SSSR count). The molecule has 80 valence electrons. The van der Waals surface area contributed by atoms with Crippen molar-refractivity contribution >= 4 is 5.52 Å². The van der Waals surface area contributed by atoms with E-state index in [2.05, 4.69) is 5.10 Å². The van der Waals surface area contributed by atoms with Crippen LogP contribution in [-0.4, -0.2) is 20.7 Å². The molecule has 0 aromatic carbocycles. The van der Waals surface area contributed by atoms with Crippen LogP contribution in [0.3, 0.4) is 0 Å². The van der Waals surface area contributed by atoms with Crippen LogP contribution < -0.4 is 11.3 Å². The van der Waals surface area contributed by atoms with E-state index in [1.807, 2.05) is 13.8 Å². The third kappa shape index (κ3) is 1.45.